The van der Waals surface area contributed by atoms with Crippen molar-refractivity contribution in [1.29, 1.82) is 0 Å². The first-order valence-electron chi connectivity index (χ1n) is 7.44. The number of urea groups is 1. The van der Waals surface area contributed by atoms with E-state index in [0.717, 1.165) is 12.8 Å². The maximum Gasteiger partial charge on any atom is 0.317 e. The fourth-order valence-corrected chi connectivity index (χ4v) is 3.10. The Bertz CT molecular complexity index is 443. The van der Waals surface area contributed by atoms with E-state index in [-0.39, 0.29) is 17.6 Å². The van der Waals surface area contributed by atoms with Crippen LogP contribution < -0.4 is 5.32 Å². The molecule has 1 fully saturated rings. The molecule has 2 N–H and O–H groups in total. The van der Waals surface area contributed by atoms with Crippen LogP contribution in [0.2, 0.25) is 0 Å². The smallest absolute Gasteiger partial charge is 0.317 e. The highest BCUT2D eigenvalue weighted by Crippen LogP contribution is 2.36. The zero-order valence-corrected chi connectivity index (χ0v) is 13.0. The van der Waals surface area contributed by atoms with Crippen LogP contribution >= 0.6 is 0 Å². The molecular formula is C15H25N3O3. The van der Waals surface area contributed by atoms with E-state index in [1.807, 2.05) is 0 Å². The molecule has 0 aromatic heterocycles. The third-order valence-corrected chi connectivity index (χ3v) is 4.82. The second kappa shape index (κ2) is 6.05. The highest BCUT2D eigenvalue weighted by molar-refractivity contribution is 5.76. The normalized spacial score (nSPS) is 26.5. The molecule has 2 unspecified atom stereocenters. The number of nitrogens with zero attached hydrogens (tertiary/aromatic N) is 2. The number of hydrogen-bond donors (Lipinski definition) is 2. The van der Waals surface area contributed by atoms with Gasteiger partial charge in [-0.3, -0.25) is 4.79 Å². The second-order valence-electron chi connectivity index (χ2n) is 6.45. The van der Waals surface area contributed by atoms with Crippen LogP contribution in [0.1, 0.15) is 25.7 Å². The standard InChI is InChI=1S/C15H25N3O3/c1-17(2)15(7-4-8-15)10-18(3)14(21)16-12-6-5-11(9-12)13(19)20/h5-6,11-12H,4,7-10H2,1-3H3,(H,16,21)(H,19,20). The van der Waals surface area contributed by atoms with Crippen molar-refractivity contribution < 1.29 is 14.7 Å². The number of carboxylic acids is 1. The van der Waals surface area contributed by atoms with Gasteiger partial charge in [-0.2, -0.15) is 0 Å². The average molecular weight is 295 g/mol. The summed E-state index contributed by atoms with van der Waals surface area (Å²) in [6.45, 7) is 0.699. The van der Waals surface area contributed by atoms with Crippen LogP contribution in [0.4, 0.5) is 4.79 Å². The molecule has 0 aliphatic heterocycles. The summed E-state index contributed by atoms with van der Waals surface area (Å²) in [4.78, 5) is 27.0. The largest absolute Gasteiger partial charge is 0.481 e. The summed E-state index contributed by atoms with van der Waals surface area (Å²) in [5, 5.41) is 11.8. The van der Waals surface area contributed by atoms with Gasteiger partial charge in [0.25, 0.3) is 0 Å². The molecular weight excluding hydrogens is 270 g/mol. The van der Waals surface area contributed by atoms with Crippen LogP contribution in [-0.2, 0) is 4.79 Å². The Morgan fingerprint density at radius 3 is 2.38 bits per heavy atom. The Balaban J connectivity index is 1.84. The zero-order valence-electron chi connectivity index (χ0n) is 13.0. The highest BCUT2D eigenvalue weighted by Gasteiger charge is 2.40. The predicted molar refractivity (Wildman–Crippen MR) is 80.1 cm³/mol. The minimum Gasteiger partial charge on any atom is -0.481 e. The molecule has 1 saturated carbocycles. The van der Waals surface area contributed by atoms with E-state index in [1.165, 1.54) is 6.42 Å². The van der Waals surface area contributed by atoms with Gasteiger partial charge in [0.15, 0.2) is 0 Å². The first-order valence-corrected chi connectivity index (χ1v) is 7.44. The lowest BCUT2D eigenvalue weighted by molar-refractivity contribution is -0.140. The SMILES string of the molecule is CN(CC1(N(C)C)CCC1)C(=O)NC1C=CC(C(=O)O)C1. The molecule has 6 nitrogen and oxygen atoms in total. The Hall–Kier alpha value is -1.56. The Morgan fingerprint density at radius 2 is 1.95 bits per heavy atom. The molecule has 2 amide bonds. The minimum atomic E-state index is -0.836. The van der Waals surface area contributed by atoms with E-state index in [4.69, 9.17) is 5.11 Å². The number of carbonyl (C=O) groups is 2. The van der Waals surface area contributed by atoms with E-state index in [2.05, 4.69) is 24.3 Å². The van der Waals surface area contributed by atoms with Gasteiger partial charge >= 0.3 is 12.0 Å². The van der Waals surface area contributed by atoms with Crippen molar-refractivity contribution in [2.75, 3.05) is 27.7 Å². The van der Waals surface area contributed by atoms with E-state index in [0.29, 0.717) is 13.0 Å². The van der Waals surface area contributed by atoms with Crippen molar-refractivity contribution in [2.24, 2.45) is 5.92 Å². The summed E-state index contributed by atoms with van der Waals surface area (Å²) >= 11 is 0. The lowest BCUT2D eigenvalue weighted by Gasteiger charge is -2.49. The van der Waals surface area contributed by atoms with Crippen molar-refractivity contribution in [3.05, 3.63) is 12.2 Å². The molecule has 0 bridgehead atoms. The van der Waals surface area contributed by atoms with E-state index in [9.17, 15) is 9.59 Å². The fourth-order valence-electron chi connectivity index (χ4n) is 3.10. The van der Waals surface area contributed by atoms with Gasteiger partial charge in [-0.25, -0.2) is 4.79 Å². The van der Waals surface area contributed by atoms with Crippen molar-refractivity contribution in [2.45, 2.75) is 37.3 Å². The summed E-state index contributed by atoms with van der Waals surface area (Å²) in [6, 6.07) is -0.318. The fraction of sp³-hybridized carbons (Fsp3) is 0.733. The molecule has 118 valence electrons. The molecule has 21 heavy (non-hydrogen) atoms. The van der Waals surface area contributed by atoms with Crippen LogP contribution in [0.5, 0.6) is 0 Å². The maximum absolute atomic E-state index is 12.2. The van der Waals surface area contributed by atoms with Gasteiger partial charge in [0.2, 0.25) is 0 Å². The molecule has 2 aliphatic carbocycles. The quantitative estimate of drug-likeness (QED) is 0.746. The minimum absolute atomic E-state index is 0.0984. The lowest BCUT2D eigenvalue weighted by atomic mass is 9.75. The summed E-state index contributed by atoms with van der Waals surface area (Å²) in [5.41, 5.74) is 0.0984. The first kappa shape index (κ1) is 15.8. The third-order valence-electron chi connectivity index (χ3n) is 4.82. The average Bonchev–Trinajstić information content (AvgIpc) is 2.81. The van der Waals surface area contributed by atoms with Gasteiger partial charge in [-0.15, -0.1) is 0 Å². The van der Waals surface area contributed by atoms with E-state index < -0.39 is 11.9 Å². The monoisotopic (exact) mass is 295 g/mol. The third kappa shape index (κ3) is 3.37. The topological polar surface area (TPSA) is 72.9 Å². The Morgan fingerprint density at radius 1 is 1.29 bits per heavy atom. The lowest BCUT2D eigenvalue weighted by Crippen LogP contribution is -2.58. The predicted octanol–water partition coefficient (Wildman–Crippen LogP) is 1.14. The van der Waals surface area contributed by atoms with Crippen LogP contribution in [0.3, 0.4) is 0 Å². The van der Waals surface area contributed by atoms with Crippen molar-refractivity contribution in [3.63, 3.8) is 0 Å². The molecule has 2 rings (SSSR count). The molecule has 0 aromatic rings. The number of amides is 2. The summed E-state index contributed by atoms with van der Waals surface area (Å²) < 4.78 is 0. The van der Waals surface area contributed by atoms with Gasteiger partial charge in [0.05, 0.1) is 12.0 Å². The number of carboxylic acid groups (broad SMARTS) is 1. The number of rotatable bonds is 5. The van der Waals surface area contributed by atoms with Crippen molar-refractivity contribution in [3.8, 4) is 0 Å². The van der Waals surface area contributed by atoms with Crippen LogP contribution in [0, 0.1) is 5.92 Å². The number of hydrogen-bond acceptors (Lipinski definition) is 3. The molecule has 0 spiro atoms. The van der Waals surface area contributed by atoms with Crippen molar-refractivity contribution in [1.82, 2.24) is 15.1 Å². The van der Waals surface area contributed by atoms with Gasteiger partial charge < -0.3 is 20.2 Å². The molecule has 0 aromatic carbocycles. The second-order valence-corrected chi connectivity index (χ2v) is 6.45. The van der Waals surface area contributed by atoms with Crippen LogP contribution in [0.25, 0.3) is 0 Å². The number of likely N-dealkylation sites (N-methyl/N-ethyl adjacent to an activating group) is 2. The highest BCUT2D eigenvalue weighted by atomic mass is 16.4. The number of nitrogens with one attached hydrogen (secondary N) is 1. The maximum atomic E-state index is 12.2. The number of aliphatic carboxylic acids is 1. The molecule has 0 heterocycles. The van der Waals surface area contributed by atoms with Crippen LogP contribution in [-0.4, -0.2) is 66.2 Å². The summed E-state index contributed by atoms with van der Waals surface area (Å²) in [7, 11) is 5.91. The Labute approximate surface area is 125 Å². The van der Waals surface area contributed by atoms with Gasteiger partial charge in [-0.1, -0.05) is 12.2 Å². The Kier molecular flexibility index (Phi) is 4.56. The summed E-state index contributed by atoms with van der Waals surface area (Å²) in [6.07, 6.45) is 7.30. The number of carbonyl (C=O) groups excluding carboxylic acids is 1. The van der Waals surface area contributed by atoms with Gasteiger partial charge in [-0.05, 0) is 39.8 Å². The van der Waals surface area contributed by atoms with Gasteiger partial charge in [0, 0.05) is 19.1 Å². The van der Waals surface area contributed by atoms with Crippen LogP contribution in [0.15, 0.2) is 12.2 Å². The van der Waals surface area contributed by atoms with E-state index >= 15 is 0 Å². The first-order chi connectivity index (χ1) is 9.84. The van der Waals surface area contributed by atoms with Gasteiger partial charge in [0.1, 0.15) is 0 Å². The zero-order chi connectivity index (χ0) is 15.6. The molecule has 0 radical (unpaired) electrons. The molecule has 0 saturated heterocycles. The van der Waals surface area contributed by atoms with Crippen molar-refractivity contribution >= 4 is 12.0 Å². The molecule has 2 atom stereocenters. The molecule has 2 aliphatic rings. The molecule has 6 heteroatoms. The van der Waals surface area contributed by atoms with E-state index in [1.54, 1.807) is 24.1 Å². The summed E-state index contributed by atoms with van der Waals surface area (Å²) in [5.74, 6) is -1.32.